The molecule has 6 heteroatoms. The van der Waals surface area contributed by atoms with Gasteiger partial charge in [0.2, 0.25) is 5.88 Å². The zero-order chi connectivity index (χ0) is 11.5. The smallest absolute Gasteiger partial charge is 0.245 e. The first-order chi connectivity index (χ1) is 7.68. The molecule has 1 aromatic carbocycles. The van der Waals surface area contributed by atoms with Crippen LogP contribution >= 0.6 is 23.2 Å². The minimum Gasteiger partial charge on any atom is -0.435 e. The molecule has 0 radical (unpaired) electrons. The summed E-state index contributed by atoms with van der Waals surface area (Å²) in [6.07, 6.45) is 2.78. The summed E-state index contributed by atoms with van der Waals surface area (Å²) < 4.78 is 5.43. The van der Waals surface area contributed by atoms with Crippen molar-refractivity contribution in [3.8, 4) is 11.6 Å². The van der Waals surface area contributed by atoms with Crippen molar-refractivity contribution < 1.29 is 4.74 Å². The molecule has 16 heavy (non-hydrogen) atoms. The van der Waals surface area contributed by atoms with E-state index in [0.29, 0.717) is 21.5 Å². The standard InChI is InChI=1S/C10H7Cl2N3O/c11-6-2-1-3-8(9(6)12)16-10-7(13)4-14-5-15-10/h1-5H,13H2. The lowest BCUT2D eigenvalue weighted by Crippen LogP contribution is -1.96. The topological polar surface area (TPSA) is 61.0 Å². The molecule has 0 amide bonds. The van der Waals surface area contributed by atoms with Crippen molar-refractivity contribution in [2.45, 2.75) is 0 Å². The number of hydrogen-bond acceptors (Lipinski definition) is 4. The van der Waals surface area contributed by atoms with Gasteiger partial charge in [-0.1, -0.05) is 29.3 Å². The summed E-state index contributed by atoms with van der Waals surface area (Å²) in [5.41, 5.74) is 5.96. The van der Waals surface area contributed by atoms with E-state index in [9.17, 15) is 0 Å². The molecular weight excluding hydrogens is 249 g/mol. The maximum atomic E-state index is 5.95. The van der Waals surface area contributed by atoms with Crippen LogP contribution in [-0.2, 0) is 0 Å². The Hall–Kier alpha value is -1.52. The summed E-state index contributed by atoms with van der Waals surface area (Å²) >= 11 is 11.8. The minimum absolute atomic E-state index is 0.249. The van der Waals surface area contributed by atoms with Gasteiger partial charge in [-0.05, 0) is 12.1 Å². The maximum absolute atomic E-state index is 5.95. The zero-order valence-electron chi connectivity index (χ0n) is 8.02. The van der Waals surface area contributed by atoms with Gasteiger partial charge >= 0.3 is 0 Å². The van der Waals surface area contributed by atoms with Gasteiger partial charge in [0, 0.05) is 0 Å². The van der Waals surface area contributed by atoms with Crippen LogP contribution in [0.1, 0.15) is 0 Å². The Morgan fingerprint density at radius 3 is 2.81 bits per heavy atom. The number of nitrogens with two attached hydrogens (primary N) is 1. The molecule has 2 N–H and O–H groups in total. The quantitative estimate of drug-likeness (QED) is 0.896. The molecule has 82 valence electrons. The van der Waals surface area contributed by atoms with Crippen molar-refractivity contribution in [2.75, 3.05) is 5.73 Å². The van der Waals surface area contributed by atoms with E-state index < -0.39 is 0 Å². The maximum Gasteiger partial charge on any atom is 0.245 e. The van der Waals surface area contributed by atoms with Crippen LogP contribution in [0, 0.1) is 0 Å². The lowest BCUT2D eigenvalue weighted by atomic mass is 10.3. The number of nitrogen functional groups attached to an aromatic ring is 1. The molecule has 1 aromatic heterocycles. The molecule has 0 aliphatic carbocycles. The van der Waals surface area contributed by atoms with Crippen molar-refractivity contribution in [2.24, 2.45) is 0 Å². The summed E-state index contributed by atoms with van der Waals surface area (Å²) in [6.45, 7) is 0. The first kappa shape index (κ1) is 11.0. The molecule has 1 heterocycles. The number of anilines is 1. The second-order valence-corrected chi connectivity index (χ2v) is 3.72. The van der Waals surface area contributed by atoms with E-state index in [1.165, 1.54) is 12.5 Å². The van der Waals surface area contributed by atoms with Crippen LogP contribution in [0.2, 0.25) is 10.0 Å². The summed E-state index contributed by atoms with van der Waals surface area (Å²) in [5, 5.41) is 0.731. The van der Waals surface area contributed by atoms with Gasteiger partial charge in [-0.3, -0.25) is 0 Å². The molecule has 0 saturated carbocycles. The first-order valence-corrected chi connectivity index (χ1v) is 5.11. The number of benzene rings is 1. The minimum atomic E-state index is 0.249. The van der Waals surface area contributed by atoms with Crippen molar-refractivity contribution in [1.29, 1.82) is 0 Å². The molecule has 0 atom stereocenters. The highest BCUT2D eigenvalue weighted by Gasteiger charge is 2.09. The van der Waals surface area contributed by atoms with Crippen LogP contribution < -0.4 is 10.5 Å². The largest absolute Gasteiger partial charge is 0.435 e. The lowest BCUT2D eigenvalue weighted by molar-refractivity contribution is 0.464. The third-order valence-electron chi connectivity index (χ3n) is 1.83. The Morgan fingerprint density at radius 1 is 1.25 bits per heavy atom. The summed E-state index contributed by atoms with van der Waals surface area (Å²) in [4.78, 5) is 7.64. The molecule has 0 fully saturated rings. The van der Waals surface area contributed by atoms with Crippen LogP contribution in [0.25, 0.3) is 0 Å². The summed E-state index contributed by atoms with van der Waals surface area (Å²) in [6, 6.07) is 5.07. The number of rotatable bonds is 2. The molecule has 0 unspecified atom stereocenters. The number of ether oxygens (including phenoxy) is 1. The molecule has 0 saturated heterocycles. The SMILES string of the molecule is Nc1cncnc1Oc1cccc(Cl)c1Cl. The van der Waals surface area contributed by atoms with Gasteiger partial charge in [-0.15, -0.1) is 0 Å². The Balaban J connectivity index is 2.35. The molecule has 2 aromatic rings. The van der Waals surface area contributed by atoms with Gasteiger partial charge in [-0.2, -0.15) is 4.98 Å². The highest BCUT2D eigenvalue weighted by molar-refractivity contribution is 6.42. The second-order valence-electron chi connectivity index (χ2n) is 2.94. The molecule has 4 nitrogen and oxygen atoms in total. The third kappa shape index (κ3) is 2.18. The Bertz CT molecular complexity index is 519. The highest BCUT2D eigenvalue weighted by Crippen LogP contribution is 2.35. The van der Waals surface area contributed by atoms with Gasteiger partial charge in [0.1, 0.15) is 22.8 Å². The van der Waals surface area contributed by atoms with E-state index in [1.807, 2.05) is 0 Å². The van der Waals surface area contributed by atoms with Crippen LogP contribution in [0.5, 0.6) is 11.6 Å². The monoisotopic (exact) mass is 255 g/mol. The van der Waals surface area contributed by atoms with E-state index in [1.54, 1.807) is 18.2 Å². The van der Waals surface area contributed by atoms with Crippen molar-refractivity contribution in [1.82, 2.24) is 9.97 Å². The Labute approximate surface area is 102 Å². The van der Waals surface area contributed by atoms with E-state index >= 15 is 0 Å². The van der Waals surface area contributed by atoms with Crippen LogP contribution in [0.4, 0.5) is 5.69 Å². The van der Waals surface area contributed by atoms with E-state index in [4.69, 9.17) is 33.7 Å². The Kier molecular flexibility index (Phi) is 3.12. The van der Waals surface area contributed by atoms with Crippen molar-refractivity contribution in [3.05, 3.63) is 40.8 Å². The fourth-order valence-electron chi connectivity index (χ4n) is 1.08. The normalized spacial score (nSPS) is 10.1. The zero-order valence-corrected chi connectivity index (χ0v) is 9.53. The van der Waals surface area contributed by atoms with Gasteiger partial charge in [0.15, 0.2) is 0 Å². The summed E-state index contributed by atoms with van der Waals surface area (Å²) in [7, 11) is 0. The number of nitrogens with zero attached hydrogens (tertiary/aromatic N) is 2. The van der Waals surface area contributed by atoms with Gasteiger partial charge < -0.3 is 10.5 Å². The number of hydrogen-bond donors (Lipinski definition) is 1. The first-order valence-electron chi connectivity index (χ1n) is 4.36. The molecule has 0 bridgehead atoms. The van der Waals surface area contributed by atoms with E-state index in [2.05, 4.69) is 9.97 Å². The highest BCUT2D eigenvalue weighted by atomic mass is 35.5. The molecule has 0 aliphatic heterocycles. The average Bonchev–Trinajstić information content (AvgIpc) is 2.28. The van der Waals surface area contributed by atoms with Crippen molar-refractivity contribution >= 4 is 28.9 Å². The second kappa shape index (κ2) is 4.55. The van der Waals surface area contributed by atoms with E-state index in [-0.39, 0.29) is 5.88 Å². The predicted molar refractivity (Wildman–Crippen MR) is 63.0 cm³/mol. The van der Waals surface area contributed by atoms with Gasteiger partial charge in [-0.25, -0.2) is 4.98 Å². The summed E-state index contributed by atoms with van der Waals surface area (Å²) in [5.74, 6) is 0.652. The molecular formula is C10H7Cl2N3O. The van der Waals surface area contributed by atoms with Gasteiger partial charge in [0.05, 0.1) is 11.2 Å². The molecule has 0 spiro atoms. The number of aromatic nitrogens is 2. The predicted octanol–water partition coefficient (Wildman–Crippen LogP) is 3.16. The third-order valence-corrected chi connectivity index (χ3v) is 2.63. The molecule has 0 aliphatic rings. The fraction of sp³-hybridized carbons (Fsp3) is 0. The number of halogens is 2. The molecule has 2 rings (SSSR count). The van der Waals surface area contributed by atoms with Gasteiger partial charge in [0.25, 0.3) is 0 Å². The van der Waals surface area contributed by atoms with Crippen LogP contribution in [-0.4, -0.2) is 9.97 Å². The average molecular weight is 256 g/mol. The van der Waals surface area contributed by atoms with Crippen LogP contribution in [0.15, 0.2) is 30.7 Å². The van der Waals surface area contributed by atoms with Crippen LogP contribution in [0.3, 0.4) is 0 Å². The van der Waals surface area contributed by atoms with E-state index in [0.717, 1.165) is 0 Å². The van der Waals surface area contributed by atoms with Crippen molar-refractivity contribution in [3.63, 3.8) is 0 Å². The lowest BCUT2D eigenvalue weighted by Gasteiger charge is -2.08. The fourth-order valence-corrected chi connectivity index (χ4v) is 1.41. The Morgan fingerprint density at radius 2 is 2.06 bits per heavy atom.